The number of carboxylic acid groups (broad SMARTS) is 1. The minimum absolute atomic E-state index is 0.111. The number of piperidine rings is 2. The average Bonchev–Trinajstić information content (AvgIpc) is 3.37. The molecule has 7 rings (SSSR count). The van der Waals surface area contributed by atoms with Crippen molar-refractivity contribution >= 4 is 35.1 Å². The van der Waals surface area contributed by atoms with Crippen molar-refractivity contribution in [1.29, 1.82) is 0 Å². The maximum Gasteiger partial charge on any atom is 0.290 e. The van der Waals surface area contributed by atoms with Crippen molar-refractivity contribution in [2.24, 2.45) is 0 Å². The summed E-state index contributed by atoms with van der Waals surface area (Å²) in [5.74, 6) is -0.421. The lowest BCUT2D eigenvalue weighted by molar-refractivity contribution is -0.137. The van der Waals surface area contributed by atoms with E-state index in [1.165, 1.54) is 10.1 Å². The molecule has 5 heterocycles. The zero-order chi connectivity index (χ0) is 31.5. The van der Waals surface area contributed by atoms with E-state index < -0.39 is 6.04 Å². The zero-order valence-electron chi connectivity index (χ0n) is 24.5. The van der Waals surface area contributed by atoms with Gasteiger partial charge in [-0.1, -0.05) is 18.2 Å². The van der Waals surface area contributed by atoms with Crippen molar-refractivity contribution in [1.82, 2.24) is 29.7 Å². The molecule has 0 spiro atoms. The lowest BCUT2D eigenvalue weighted by Crippen LogP contribution is -2.52. The van der Waals surface area contributed by atoms with Crippen LogP contribution in [0.5, 0.6) is 0 Å². The molecule has 2 N–H and O–H groups in total. The van der Waals surface area contributed by atoms with Crippen molar-refractivity contribution in [2.45, 2.75) is 50.7 Å². The Morgan fingerprint density at radius 2 is 1.80 bits per heavy atom. The molecule has 4 aromatic rings. The van der Waals surface area contributed by atoms with Gasteiger partial charge < -0.3 is 10.0 Å². The molecular formula is C33H32N6O6. The molecule has 12 nitrogen and oxygen atoms in total. The third-order valence-corrected chi connectivity index (χ3v) is 8.76. The highest BCUT2D eigenvalue weighted by Gasteiger charge is 2.39. The molecule has 3 aliphatic rings. The molecule has 230 valence electrons. The predicted molar refractivity (Wildman–Crippen MR) is 164 cm³/mol. The van der Waals surface area contributed by atoms with Gasteiger partial charge in [-0.15, -0.1) is 0 Å². The van der Waals surface area contributed by atoms with Gasteiger partial charge in [0.15, 0.2) is 0 Å². The molecule has 2 fully saturated rings. The van der Waals surface area contributed by atoms with Gasteiger partial charge in [0, 0.05) is 31.3 Å². The first-order chi connectivity index (χ1) is 21.9. The third kappa shape index (κ3) is 6.09. The van der Waals surface area contributed by atoms with Crippen LogP contribution in [0.25, 0.3) is 16.6 Å². The summed E-state index contributed by atoms with van der Waals surface area (Å²) >= 11 is 0. The first kappa shape index (κ1) is 29.8. The summed E-state index contributed by atoms with van der Waals surface area (Å²) in [5, 5.41) is 9.84. The van der Waals surface area contributed by atoms with Gasteiger partial charge in [0.2, 0.25) is 11.8 Å². The molecule has 3 amide bonds. The minimum atomic E-state index is -0.599. The Bertz CT molecular complexity index is 1830. The number of fused-ring (bicyclic) bond motifs is 2. The number of carbonyl (C=O) groups excluding carboxylic acids is 3. The first-order valence-corrected chi connectivity index (χ1v) is 14.8. The maximum absolute atomic E-state index is 13.2. The van der Waals surface area contributed by atoms with Crippen LogP contribution in [0.2, 0.25) is 0 Å². The number of hydrogen-bond donors (Lipinski definition) is 2. The molecule has 12 heteroatoms. The highest BCUT2D eigenvalue weighted by Crippen LogP contribution is 2.34. The summed E-state index contributed by atoms with van der Waals surface area (Å²) in [6, 6.07) is 15.0. The van der Waals surface area contributed by atoms with Crippen LogP contribution in [0.3, 0.4) is 0 Å². The molecule has 2 aromatic carbocycles. The van der Waals surface area contributed by atoms with E-state index in [0.29, 0.717) is 41.0 Å². The van der Waals surface area contributed by atoms with Gasteiger partial charge >= 0.3 is 0 Å². The van der Waals surface area contributed by atoms with Gasteiger partial charge in [-0.2, -0.15) is 0 Å². The van der Waals surface area contributed by atoms with Gasteiger partial charge in [-0.05, 0) is 85.3 Å². The summed E-state index contributed by atoms with van der Waals surface area (Å²) in [6.07, 6.45) is 7.47. The van der Waals surface area contributed by atoms with Crippen molar-refractivity contribution < 1.29 is 24.3 Å². The lowest BCUT2D eigenvalue weighted by atomic mass is 9.87. The molecule has 1 atom stereocenters. The number of amides is 3. The van der Waals surface area contributed by atoms with Crippen LogP contribution in [-0.2, 0) is 27.5 Å². The van der Waals surface area contributed by atoms with E-state index in [1.807, 2.05) is 30.3 Å². The number of rotatable bonds is 5. The predicted octanol–water partition coefficient (Wildman–Crippen LogP) is 2.62. The number of nitrogens with one attached hydrogen (secondary N) is 1. The summed E-state index contributed by atoms with van der Waals surface area (Å²) < 4.78 is 1.53. The van der Waals surface area contributed by atoms with Crippen LogP contribution in [0.4, 0.5) is 0 Å². The topological polar surface area (TPSA) is 155 Å². The second-order valence-electron chi connectivity index (χ2n) is 11.5. The Labute approximate surface area is 258 Å². The summed E-state index contributed by atoms with van der Waals surface area (Å²) in [6.45, 7) is 2.75. The van der Waals surface area contributed by atoms with E-state index in [-0.39, 0.29) is 36.2 Å². The van der Waals surface area contributed by atoms with Crippen molar-refractivity contribution in [3.63, 3.8) is 0 Å². The number of hydrogen-bond acceptors (Lipinski definition) is 8. The number of carbonyl (C=O) groups is 4. The molecule has 0 aliphatic carbocycles. The molecule has 0 radical (unpaired) electrons. The van der Waals surface area contributed by atoms with Gasteiger partial charge in [-0.3, -0.25) is 43.7 Å². The molecule has 1 unspecified atom stereocenters. The monoisotopic (exact) mass is 608 g/mol. The second-order valence-corrected chi connectivity index (χ2v) is 11.5. The lowest BCUT2D eigenvalue weighted by Gasteiger charge is -2.32. The molecular weight excluding hydrogens is 576 g/mol. The van der Waals surface area contributed by atoms with Crippen molar-refractivity contribution in [2.75, 3.05) is 13.1 Å². The van der Waals surface area contributed by atoms with Crippen LogP contribution >= 0.6 is 0 Å². The highest BCUT2D eigenvalue weighted by molar-refractivity contribution is 6.05. The number of likely N-dealkylation sites (tertiary alicyclic amines) is 1. The van der Waals surface area contributed by atoms with Crippen LogP contribution in [0.1, 0.15) is 58.6 Å². The van der Waals surface area contributed by atoms with Crippen LogP contribution in [0.15, 0.2) is 72.0 Å². The van der Waals surface area contributed by atoms with Crippen LogP contribution in [-0.4, -0.2) is 72.8 Å². The quantitative estimate of drug-likeness (QED) is 0.257. The van der Waals surface area contributed by atoms with Crippen molar-refractivity contribution in [3.8, 4) is 5.69 Å². The summed E-state index contributed by atoms with van der Waals surface area (Å²) in [4.78, 5) is 71.2. The SMILES string of the molecule is O=C1CCC(N2Cc3cc(C4CCN(Cc5ccc6ncn(-c7cccnc7)c(=O)c6c5)CC4)ccc3C2=O)C(=O)N1.O=CO. The number of imide groups is 1. The average molecular weight is 609 g/mol. The Morgan fingerprint density at radius 3 is 2.53 bits per heavy atom. The van der Waals surface area contributed by atoms with E-state index in [0.717, 1.165) is 43.6 Å². The Hall–Kier alpha value is -5.23. The van der Waals surface area contributed by atoms with Crippen LogP contribution in [0, 0.1) is 0 Å². The Balaban J connectivity index is 0.00000115. The van der Waals surface area contributed by atoms with Crippen molar-refractivity contribution in [3.05, 3.63) is 99.9 Å². The summed E-state index contributed by atoms with van der Waals surface area (Å²) in [5.41, 5.74) is 5.14. The van der Waals surface area contributed by atoms with Crippen LogP contribution < -0.4 is 10.9 Å². The maximum atomic E-state index is 13.2. The smallest absolute Gasteiger partial charge is 0.290 e. The molecule has 2 saturated heterocycles. The van der Waals surface area contributed by atoms with Gasteiger partial charge in [0.1, 0.15) is 12.4 Å². The van der Waals surface area contributed by atoms with Gasteiger partial charge in [-0.25, -0.2) is 4.98 Å². The fraction of sp³-hybridized carbons (Fsp3) is 0.303. The fourth-order valence-electron chi connectivity index (χ4n) is 6.48. The largest absolute Gasteiger partial charge is 0.483 e. The number of pyridine rings is 1. The highest BCUT2D eigenvalue weighted by atomic mass is 16.3. The normalized spacial score (nSPS) is 18.7. The van der Waals surface area contributed by atoms with E-state index in [4.69, 9.17) is 9.90 Å². The first-order valence-electron chi connectivity index (χ1n) is 14.8. The minimum Gasteiger partial charge on any atom is -0.483 e. The number of aromatic nitrogens is 3. The molecule has 0 bridgehead atoms. The van der Waals surface area contributed by atoms with E-state index in [9.17, 15) is 19.2 Å². The third-order valence-electron chi connectivity index (χ3n) is 8.76. The van der Waals surface area contributed by atoms with E-state index in [1.54, 1.807) is 29.7 Å². The Kier molecular flexibility index (Phi) is 8.47. The standard InChI is InChI=1S/C32H30N6O4.CH2O2/c39-29-8-7-28(30(40)35-29)37-18-23-15-22(4-5-25(23)31(37)41)21-9-12-36(13-10-21)17-20-3-6-27-26(14-20)32(42)38(19-34-27)24-2-1-11-33-16-24;2-1-3/h1-6,11,14-16,19,21,28H,7-10,12-13,17-18H2,(H,35,39,40);1H,(H,2,3). The molecule has 0 saturated carbocycles. The van der Waals surface area contributed by atoms with E-state index >= 15 is 0 Å². The number of benzene rings is 2. The second kappa shape index (κ2) is 12.8. The molecule has 45 heavy (non-hydrogen) atoms. The van der Waals surface area contributed by atoms with E-state index in [2.05, 4.69) is 32.3 Å². The molecule has 2 aromatic heterocycles. The summed E-state index contributed by atoms with van der Waals surface area (Å²) in [7, 11) is 0. The van der Waals surface area contributed by atoms with Gasteiger partial charge in [0.05, 0.1) is 22.8 Å². The Morgan fingerprint density at radius 1 is 1.00 bits per heavy atom. The number of nitrogens with zero attached hydrogens (tertiary/aromatic N) is 5. The fourth-order valence-corrected chi connectivity index (χ4v) is 6.48. The molecule has 3 aliphatic heterocycles. The zero-order valence-corrected chi connectivity index (χ0v) is 24.5. The van der Waals surface area contributed by atoms with Gasteiger partial charge in [0.25, 0.3) is 17.9 Å².